The Morgan fingerprint density at radius 2 is 2.17 bits per heavy atom. The SMILES string of the molecule is CCCOc1ccc2c(c1)c(C(=O)OC)cn2C. The van der Waals surface area contributed by atoms with Crippen molar-refractivity contribution in [2.75, 3.05) is 13.7 Å². The first-order valence-electron chi connectivity index (χ1n) is 5.97. The van der Waals surface area contributed by atoms with E-state index >= 15 is 0 Å². The van der Waals surface area contributed by atoms with Crippen LogP contribution >= 0.6 is 0 Å². The molecule has 4 nitrogen and oxygen atoms in total. The third kappa shape index (κ3) is 2.18. The Bertz CT molecular complexity index is 572. The van der Waals surface area contributed by atoms with Crippen LogP contribution in [-0.4, -0.2) is 24.3 Å². The van der Waals surface area contributed by atoms with Crippen molar-refractivity contribution in [3.05, 3.63) is 30.0 Å². The number of ether oxygens (including phenoxy) is 2. The Kier molecular flexibility index (Phi) is 3.55. The summed E-state index contributed by atoms with van der Waals surface area (Å²) in [6.07, 6.45) is 2.73. The summed E-state index contributed by atoms with van der Waals surface area (Å²) in [6.45, 7) is 2.73. The van der Waals surface area contributed by atoms with Gasteiger partial charge in [0.2, 0.25) is 0 Å². The molecule has 0 N–H and O–H groups in total. The molecule has 1 heterocycles. The molecule has 2 rings (SSSR count). The smallest absolute Gasteiger partial charge is 0.340 e. The summed E-state index contributed by atoms with van der Waals surface area (Å²) in [4.78, 5) is 11.7. The quantitative estimate of drug-likeness (QED) is 0.780. The van der Waals surface area contributed by atoms with Crippen molar-refractivity contribution < 1.29 is 14.3 Å². The number of hydrogen-bond donors (Lipinski definition) is 0. The number of hydrogen-bond acceptors (Lipinski definition) is 3. The molecule has 0 saturated carbocycles. The lowest BCUT2D eigenvalue weighted by molar-refractivity contribution is 0.0603. The van der Waals surface area contributed by atoms with Crippen LogP contribution in [0.15, 0.2) is 24.4 Å². The van der Waals surface area contributed by atoms with E-state index < -0.39 is 0 Å². The Balaban J connectivity index is 2.48. The van der Waals surface area contributed by atoms with Crippen LogP contribution in [0.3, 0.4) is 0 Å². The molecule has 0 bridgehead atoms. The predicted molar refractivity (Wildman–Crippen MR) is 70.0 cm³/mol. The fourth-order valence-corrected chi connectivity index (χ4v) is 1.95. The molecule has 18 heavy (non-hydrogen) atoms. The molecule has 0 spiro atoms. The van der Waals surface area contributed by atoms with Gasteiger partial charge in [0.15, 0.2) is 0 Å². The molecule has 0 fully saturated rings. The Morgan fingerprint density at radius 1 is 1.39 bits per heavy atom. The van der Waals surface area contributed by atoms with Crippen molar-refractivity contribution in [1.82, 2.24) is 4.57 Å². The molecule has 0 radical (unpaired) electrons. The van der Waals surface area contributed by atoms with Crippen molar-refractivity contribution in [2.24, 2.45) is 7.05 Å². The first kappa shape index (κ1) is 12.5. The summed E-state index contributed by atoms with van der Waals surface area (Å²) in [5.74, 6) is 0.453. The Morgan fingerprint density at radius 3 is 2.83 bits per heavy atom. The summed E-state index contributed by atoms with van der Waals surface area (Å²) in [5.41, 5.74) is 1.55. The standard InChI is InChI=1S/C14H17NO3/c1-4-7-18-10-5-6-13-11(8-10)12(9-15(13)2)14(16)17-3/h5-6,8-9H,4,7H2,1-3H3. The van der Waals surface area contributed by atoms with Gasteiger partial charge in [0.25, 0.3) is 0 Å². The number of benzene rings is 1. The van der Waals surface area contributed by atoms with Crippen LogP contribution in [0.4, 0.5) is 0 Å². The number of fused-ring (bicyclic) bond motifs is 1. The minimum Gasteiger partial charge on any atom is -0.494 e. The molecule has 0 atom stereocenters. The Labute approximate surface area is 106 Å². The largest absolute Gasteiger partial charge is 0.494 e. The zero-order chi connectivity index (χ0) is 13.1. The van der Waals surface area contributed by atoms with Crippen LogP contribution in [0.1, 0.15) is 23.7 Å². The van der Waals surface area contributed by atoms with E-state index in [0.29, 0.717) is 12.2 Å². The molecule has 96 valence electrons. The number of esters is 1. The molecule has 1 aromatic heterocycles. The van der Waals surface area contributed by atoms with Gasteiger partial charge in [-0.3, -0.25) is 0 Å². The minimum absolute atomic E-state index is 0.326. The lowest BCUT2D eigenvalue weighted by Gasteiger charge is -2.05. The summed E-state index contributed by atoms with van der Waals surface area (Å²) in [6, 6.07) is 5.75. The van der Waals surface area contributed by atoms with Crippen molar-refractivity contribution in [2.45, 2.75) is 13.3 Å². The van der Waals surface area contributed by atoms with Gasteiger partial charge >= 0.3 is 5.97 Å². The molecular weight excluding hydrogens is 230 g/mol. The lowest BCUT2D eigenvalue weighted by Crippen LogP contribution is -2.00. The van der Waals surface area contributed by atoms with E-state index in [9.17, 15) is 4.79 Å². The monoisotopic (exact) mass is 247 g/mol. The van der Waals surface area contributed by atoms with Gasteiger partial charge in [-0.25, -0.2) is 4.79 Å². The Hall–Kier alpha value is -1.97. The topological polar surface area (TPSA) is 40.5 Å². The maximum Gasteiger partial charge on any atom is 0.340 e. The summed E-state index contributed by atoms with van der Waals surface area (Å²) in [7, 11) is 3.29. The molecule has 0 unspecified atom stereocenters. The fraction of sp³-hybridized carbons (Fsp3) is 0.357. The third-order valence-corrected chi connectivity index (χ3v) is 2.84. The molecule has 0 amide bonds. The van der Waals surface area contributed by atoms with E-state index in [1.165, 1.54) is 7.11 Å². The average Bonchev–Trinajstić information content (AvgIpc) is 2.72. The van der Waals surface area contributed by atoms with Gasteiger partial charge in [-0.05, 0) is 24.6 Å². The number of aromatic nitrogens is 1. The van der Waals surface area contributed by atoms with Gasteiger partial charge in [-0.1, -0.05) is 6.92 Å². The van der Waals surface area contributed by atoms with Crippen molar-refractivity contribution in [3.63, 3.8) is 0 Å². The molecule has 0 saturated heterocycles. The van der Waals surface area contributed by atoms with E-state index in [2.05, 4.69) is 6.92 Å². The number of aryl methyl sites for hydroxylation is 1. The van der Waals surface area contributed by atoms with Gasteiger partial charge < -0.3 is 14.0 Å². The van der Waals surface area contributed by atoms with Crippen molar-refractivity contribution >= 4 is 16.9 Å². The number of carbonyl (C=O) groups is 1. The zero-order valence-corrected chi connectivity index (χ0v) is 10.9. The number of methoxy groups -OCH3 is 1. The van der Waals surface area contributed by atoms with Gasteiger partial charge in [0.05, 0.1) is 19.3 Å². The van der Waals surface area contributed by atoms with Gasteiger partial charge in [-0.15, -0.1) is 0 Å². The molecule has 1 aromatic carbocycles. The van der Waals surface area contributed by atoms with E-state index in [4.69, 9.17) is 9.47 Å². The van der Waals surface area contributed by atoms with E-state index in [1.807, 2.05) is 29.8 Å². The second kappa shape index (κ2) is 5.12. The van der Waals surface area contributed by atoms with Crippen LogP contribution in [0, 0.1) is 0 Å². The number of nitrogens with zero attached hydrogens (tertiary/aromatic N) is 1. The molecule has 0 aliphatic heterocycles. The highest BCUT2D eigenvalue weighted by Gasteiger charge is 2.14. The minimum atomic E-state index is -0.326. The van der Waals surface area contributed by atoms with Crippen molar-refractivity contribution in [3.8, 4) is 5.75 Å². The summed E-state index contributed by atoms with van der Waals surface area (Å²) in [5, 5.41) is 0.859. The average molecular weight is 247 g/mol. The van der Waals surface area contributed by atoms with Gasteiger partial charge in [0, 0.05) is 24.1 Å². The second-order valence-corrected chi connectivity index (χ2v) is 4.17. The molecule has 0 aliphatic rings. The van der Waals surface area contributed by atoms with Gasteiger partial charge in [-0.2, -0.15) is 0 Å². The van der Waals surface area contributed by atoms with Crippen LogP contribution in [-0.2, 0) is 11.8 Å². The normalized spacial score (nSPS) is 10.6. The molecule has 0 aliphatic carbocycles. The summed E-state index contributed by atoms with van der Waals surface area (Å²) >= 11 is 0. The lowest BCUT2D eigenvalue weighted by atomic mass is 10.1. The van der Waals surface area contributed by atoms with E-state index in [1.54, 1.807) is 6.20 Å². The highest BCUT2D eigenvalue weighted by molar-refractivity contribution is 6.04. The maximum absolute atomic E-state index is 11.7. The summed E-state index contributed by atoms with van der Waals surface area (Å²) < 4.78 is 12.3. The number of rotatable bonds is 4. The van der Waals surface area contributed by atoms with Crippen molar-refractivity contribution in [1.29, 1.82) is 0 Å². The van der Waals surface area contributed by atoms with Crippen LogP contribution in [0.2, 0.25) is 0 Å². The molecular formula is C14H17NO3. The van der Waals surface area contributed by atoms with Crippen LogP contribution < -0.4 is 4.74 Å². The van der Waals surface area contributed by atoms with Gasteiger partial charge in [0.1, 0.15) is 5.75 Å². The second-order valence-electron chi connectivity index (χ2n) is 4.17. The zero-order valence-electron chi connectivity index (χ0n) is 10.9. The third-order valence-electron chi connectivity index (χ3n) is 2.84. The fourth-order valence-electron chi connectivity index (χ4n) is 1.95. The maximum atomic E-state index is 11.7. The van der Waals surface area contributed by atoms with Crippen LogP contribution in [0.5, 0.6) is 5.75 Å². The van der Waals surface area contributed by atoms with E-state index in [-0.39, 0.29) is 5.97 Å². The number of carbonyl (C=O) groups excluding carboxylic acids is 1. The first-order chi connectivity index (χ1) is 8.67. The predicted octanol–water partition coefficient (Wildman–Crippen LogP) is 2.75. The highest BCUT2D eigenvalue weighted by atomic mass is 16.5. The van der Waals surface area contributed by atoms with Crippen LogP contribution in [0.25, 0.3) is 10.9 Å². The van der Waals surface area contributed by atoms with E-state index in [0.717, 1.165) is 23.1 Å². The first-order valence-corrected chi connectivity index (χ1v) is 5.97. The highest BCUT2D eigenvalue weighted by Crippen LogP contribution is 2.26. The molecule has 4 heteroatoms. The molecule has 2 aromatic rings.